The number of benzene rings is 1. The van der Waals surface area contributed by atoms with Gasteiger partial charge in [0.2, 0.25) is 0 Å². The number of hydrogen-bond donors (Lipinski definition) is 2. The number of hydrogen-bond acceptors (Lipinski definition) is 2. The molecule has 0 aromatic heterocycles. The SMILES string of the molecule is Cc1cc(F)cc(C(O)CC(=O)O)c1. The molecule has 1 unspecified atom stereocenters. The van der Waals surface area contributed by atoms with Gasteiger partial charge in [0.15, 0.2) is 0 Å². The monoisotopic (exact) mass is 198 g/mol. The van der Waals surface area contributed by atoms with Crippen LogP contribution in [0.4, 0.5) is 4.39 Å². The molecule has 0 aliphatic rings. The fraction of sp³-hybridized carbons (Fsp3) is 0.300. The average Bonchev–Trinajstić information content (AvgIpc) is 2.00. The quantitative estimate of drug-likeness (QED) is 0.776. The Bertz CT molecular complexity index is 329. The van der Waals surface area contributed by atoms with Crippen molar-refractivity contribution in [2.45, 2.75) is 19.4 Å². The molecule has 1 rings (SSSR count). The first-order chi connectivity index (χ1) is 6.49. The van der Waals surface area contributed by atoms with Crippen molar-refractivity contribution in [3.05, 3.63) is 35.1 Å². The minimum Gasteiger partial charge on any atom is -0.481 e. The maximum Gasteiger partial charge on any atom is 0.306 e. The molecule has 2 N–H and O–H groups in total. The molecular formula is C10H11FO3. The molecule has 0 saturated heterocycles. The van der Waals surface area contributed by atoms with Gasteiger partial charge >= 0.3 is 5.97 Å². The largest absolute Gasteiger partial charge is 0.481 e. The van der Waals surface area contributed by atoms with Crippen LogP contribution in [-0.2, 0) is 4.79 Å². The third kappa shape index (κ3) is 2.81. The van der Waals surface area contributed by atoms with E-state index in [1.165, 1.54) is 6.07 Å². The van der Waals surface area contributed by atoms with Crippen LogP contribution in [0.15, 0.2) is 18.2 Å². The van der Waals surface area contributed by atoms with Gasteiger partial charge in [-0.1, -0.05) is 6.07 Å². The van der Waals surface area contributed by atoms with Crippen LogP contribution in [0.25, 0.3) is 0 Å². The summed E-state index contributed by atoms with van der Waals surface area (Å²) in [6.07, 6.45) is -1.56. The molecule has 0 radical (unpaired) electrons. The Morgan fingerprint density at radius 1 is 1.50 bits per heavy atom. The van der Waals surface area contributed by atoms with E-state index in [9.17, 15) is 14.3 Å². The number of halogens is 1. The van der Waals surface area contributed by atoms with Gasteiger partial charge in [0, 0.05) is 0 Å². The lowest BCUT2D eigenvalue weighted by atomic mass is 10.0. The lowest BCUT2D eigenvalue weighted by molar-refractivity contribution is -0.139. The van der Waals surface area contributed by atoms with Crippen LogP contribution >= 0.6 is 0 Å². The molecule has 3 nitrogen and oxygen atoms in total. The maximum absolute atomic E-state index is 12.9. The van der Waals surface area contributed by atoms with E-state index in [1.54, 1.807) is 13.0 Å². The Morgan fingerprint density at radius 2 is 2.14 bits per heavy atom. The highest BCUT2D eigenvalue weighted by atomic mass is 19.1. The van der Waals surface area contributed by atoms with Gasteiger partial charge in [0.05, 0.1) is 12.5 Å². The summed E-state index contributed by atoms with van der Waals surface area (Å²) < 4.78 is 12.9. The fourth-order valence-corrected chi connectivity index (χ4v) is 1.24. The van der Waals surface area contributed by atoms with E-state index < -0.39 is 24.3 Å². The lowest BCUT2D eigenvalue weighted by Gasteiger charge is -2.09. The zero-order valence-electron chi connectivity index (χ0n) is 7.70. The molecule has 0 fully saturated rings. The van der Waals surface area contributed by atoms with Gasteiger partial charge in [-0.2, -0.15) is 0 Å². The number of aryl methyl sites for hydroxylation is 1. The Labute approximate surface area is 80.8 Å². The minimum absolute atomic E-state index is 0.296. The van der Waals surface area contributed by atoms with Crippen LogP contribution in [0, 0.1) is 12.7 Å². The molecular weight excluding hydrogens is 187 g/mol. The standard InChI is InChI=1S/C10H11FO3/c1-6-2-7(4-8(11)3-6)9(12)5-10(13)14/h2-4,9,12H,5H2,1H3,(H,13,14). The van der Waals surface area contributed by atoms with Crippen LogP contribution in [0.3, 0.4) is 0 Å². The molecule has 4 heteroatoms. The number of rotatable bonds is 3. The number of aliphatic carboxylic acids is 1. The van der Waals surface area contributed by atoms with Crippen molar-refractivity contribution in [1.29, 1.82) is 0 Å². The van der Waals surface area contributed by atoms with Gasteiger partial charge in [-0.05, 0) is 30.2 Å². The van der Waals surface area contributed by atoms with Crippen LogP contribution < -0.4 is 0 Å². The molecule has 1 aromatic carbocycles. The number of carboxylic acids is 1. The second-order valence-electron chi connectivity index (χ2n) is 3.18. The van der Waals surface area contributed by atoms with Gasteiger partial charge in [0.25, 0.3) is 0 Å². The summed E-state index contributed by atoms with van der Waals surface area (Å²) in [6.45, 7) is 1.68. The third-order valence-electron chi connectivity index (χ3n) is 1.82. The van der Waals surface area contributed by atoms with Gasteiger partial charge in [-0.3, -0.25) is 4.79 Å². The zero-order valence-corrected chi connectivity index (χ0v) is 7.70. The van der Waals surface area contributed by atoms with Crippen LogP contribution in [0.1, 0.15) is 23.7 Å². The van der Waals surface area contributed by atoms with E-state index in [-0.39, 0.29) is 0 Å². The molecule has 14 heavy (non-hydrogen) atoms. The first-order valence-electron chi connectivity index (χ1n) is 4.16. The van der Waals surface area contributed by atoms with Crippen molar-refractivity contribution >= 4 is 5.97 Å². The van der Waals surface area contributed by atoms with Crippen LogP contribution in [-0.4, -0.2) is 16.2 Å². The zero-order chi connectivity index (χ0) is 10.7. The molecule has 0 aliphatic carbocycles. The first kappa shape index (κ1) is 10.7. The Morgan fingerprint density at radius 3 is 2.64 bits per heavy atom. The molecule has 1 aromatic rings. The van der Waals surface area contributed by atoms with Crippen molar-refractivity contribution in [2.24, 2.45) is 0 Å². The highest BCUT2D eigenvalue weighted by molar-refractivity contribution is 5.67. The Balaban J connectivity index is 2.89. The first-order valence-corrected chi connectivity index (χ1v) is 4.16. The Hall–Kier alpha value is -1.42. The van der Waals surface area contributed by atoms with E-state index in [2.05, 4.69) is 0 Å². The van der Waals surface area contributed by atoms with E-state index in [1.807, 2.05) is 0 Å². The third-order valence-corrected chi connectivity index (χ3v) is 1.82. The Kier molecular flexibility index (Phi) is 3.19. The van der Waals surface area contributed by atoms with Crippen LogP contribution in [0.2, 0.25) is 0 Å². The molecule has 0 spiro atoms. The van der Waals surface area contributed by atoms with Crippen molar-refractivity contribution in [1.82, 2.24) is 0 Å². The average molecular weight is 198 g/mol. The van der Waals surface area contributed by atoms with Gasteiger partial charge < -0.3 is 10.2 Å². The fourth-order valence-electron chi connectivity index (χ4n) is 1.24. The maximum atomic E-state index is 12.9. The predicted octanol–water partition coefficient (Wildman–Crippen LogP) is 1.64. The predicted molar refractivity (Wildman–Crippen MR) is 48.3 cm³/mol. The number of carboxylic acid groups (broad SMARTS) is 1. The summed E-state index contributed by atoms with van der Waals surface area (Å²) in [4.78, 5) is 10.3. The van der Waals surface area contributed by atoms with Crippen LogP contribution in [0.5, 0.6) is 0 Å². The van der Waals surface area contributed by atoms with Gasteiger partial charge in [-0.15, -0.1) is 0 Å². The number of aliphatic hydroxyl groups excluding tert-OH is 1. The van der Waals surface area contributed by atoms with E-state index >= 15 is 0 Å². The van der Waals surface area contributed by atoms with Gasteiger partial charge in [-0.25, -0.2) is 4.39 Å². The lowest BCUT2D eigenvalue weighted by Crippen LogP contribution is -2.05. The molecule has 0 heterocycles. The molecule has 76 valence electrons. The molecule has 0 aliphatic heterocycles. The molecule has 0 bridgehead atoms. The molecule has 0 saturated carbocycles. The summed E-state index contributed by atoms with van der Waals surface area (Å²) in [5.74, 6) is -1.58. The highest BCUT2D eigenvalue weighted by Crippen LogP contribution is 2.19. The highest BCUT2D eigenvalue weighted by Gasteiger charge is 2.12. The van der Waals surface area contributed by atoms with Crippen molar-refractivity contribution in [2.75, 3.05) is 0 Å². The summed E-state index contributed by atoms with van der Waals surface area (Å²) in [7, 11) is 0. The number of aliphatic hydroxyl groups is 1. The summed E-state index contributed by atoms with van der Waals surface area (Å²) in [5, 5.41) is 17.8. The van der Waals surface area contributed by atoms with Crippen molar-refractivity contribution in [3.8, 4) is 0 Å². The van der Waals surface area contributed by atoms with Crippen molar-refractivity contribution in [3.63, 3.8) is 0 Å². The molecule has 0 amide bonds. The normalized spacial score (nSPS) is 12.5. The topological polar surface area (TPSA) is 57.5 Å². The minimum atomic E-state index is -1.15. The van der Waals surface area contributed by atoms with Crippen molar-refractivity contribution < 1.29 is 19.4 Å². The second kappa shape index (κ2) is 4.19. The second-order valence-corrected chi connectivity index (χ2v) is 3.18. The van der Waals surface area contributed by atoms with E-state index in [0.29, 0.717) is 11.1 Å². The summed E-state index contributed by atoms with van der Waals surface area (Å²) >= 11 is 0. The summed E-state index contributed by atoms with van der Waals surface area (Å²) in [6, 6.07) is 4.02. The number of carbonyl (C=O) groups is 1. The van der Waals surface area contributed by atoms with Gasteiger partial charge in [0.1, 0.15) is 5.82 Å². The smallest absolute Gasteiger partial charge is 0.306 e. The molecule has 1 atom stereocenters. The summed E-state index contributed by atoms with van der Waals surface area (Å²) in [5.41, 5.74) is 0.953. The van der Waals surface area contributed by atoms with E-state index in [0.717, 1.165) is 6.07 Å². The van der Waals surface area contributed by atoms with E-state index in [4.69, 9.17) is 5.11 Å².